The van der Waals surface area contributed by atoms with Crippen molar-refractivity contribution in [3.63, 3.8) is 0 Å². The first-order valence-corrected chi connectivity index (χ1v) is 8.26. The number of aromatic nitrogens is 1. The highest BCUT2D eigenvalue weighted by Crippen LogP contribution is 2.25. The molecule has 6 heteroatoms. The number of nitrogens with two attached hydrogens (primary N) is 1. The van der Waals surface area contributed by atoms with Gasteiger partial charge in [-0.25, -0.2) is 0 Å². The number of ether oxygens (including phenoxy) is 1. The molecule has 1 saturated heterocycles. The molecule has 1 aliphatic rings. The smallest absolute Gasteiger partial charge is 0.253 e. The van der Waals surface area contributed by atoms with Crippen molar-refractivity contribution < 1.29 is 14.3 Å². The maximum atomic E-state index is 12.8. The summed E-state index contributed by atoms with van der Waals surface area (Å²) in [5.74, 6) is -0.0182. The number of carbonyl (C=O) groups excluding carboxylic acids is 2. The zero-order valence-corrected chi connectivity index (χ0v) is 14.1. The van der Waals surface area contributed by atoms with E-state index in [0.29, 0.717) is 24.4 Å². The van der Waals surface area contributed by atoms with E-state index in [4.69, 9.17) is 10.5 Å². The van der Waals surface area contributed by atoms with Crippen LogP contribution in [0, 0.1) is 5.92 Å². The highest BCUT2D eigenvalue weighted by Gasteiger charge is 2.27. The third kappa shape index (κ3) is 3.79. The molecule has 1 atom stereocenters. The second-order valence-corrected chi connectivity index (χ2v) is 6.19. The minimum atomic E-state index is -0.339. The standard InChI is InChI=1S/C19H21N3O3/c1-25-17-9-16(10-21-11-17)13-4-2-5-14(8-13)19(24)22-7-3-6-15(12-22)18(20)23/h2,4-5,8-11,15H,3,6-7,12H2,1H3,(H2,20,23)/t15-/m1/s1. The molecule has 1 aromatic carbocycles. The molecule has 3 rings (SSSR count). The molecule has 1 aliphatic heterocycles. The van der Waals surface area contributed by atoms with Crippen LogP contribution >= 0.6 is 0 Å². The van der Waals surface area contributed by atoms with Crippen LogP contribution in [0.3, 0.4) is 0 Å². The highest BCUT2D eigenvalue weighted by atomic mass is 16.5. The molecule has 130 valence electrons. The first-order valence-electron chi connectivity index (χ1n) is 8.26. The van der Waals surface area contributed by atoms with Gasteiger partial charge < -0.3 is 15.4 Å². The number of pyridine rings is 1. The Labute approximate surface area is 146 Å². The van der Waals surface area contributed by atoms with Crippen LogP contribution in [0.5, 0.6) is 5.75 Å². The van der Waals surface area contributed by atoms with E-state index in [-0.39, 0.29) is 17.7 Å². The van der Waals surface area contributed by atoms with E-state index in [0.717, 1.165) is 24.0 Å². The first-order chi connectivity index (χ1) is 12.1. The van der Waals surface area contributed by atoms with E-state index >= 15 is 0 Å². The van der Waals surface area contributed by atoms with Crippen molar-refractivity contribution in [2.24, 2.45) is 11.7 Å². The molecular weight excluding hydrogens is 318 g/mol. The van der Waals surface area contributed by atoms with Crippen molar-refractivity contribution >= 4 is 11.8 Å². The fourth-order valence-electron chi connectivity index (χ4n) is 3.10. The van der Waals surface area contributed by atoms with Crippen molar-refractivity contribution in [1.29, 1.82) is 0 Å². The Balaban J connectivity index is 1.83. The van der Waals surface area contributed by atoms with Crippen LogP contribution in [0.25, 0.3) is 11.1 Å². The number of amides is 2. The van der Waals surface area contributed by atoms with Gasteiger partial charge in [0.1, 0.15) is 5.75 Å². The number of rotatable bonds is 4. The minimum absolute atomic E-state index is 0.0799. The number of nitrogens with zero attached hydrogens (tertiary/aromatic N) is 2. The Morgan fingerprint density at radius 2 is 2.08 bits per heavy atom. The fraction of sp³-hybridized carbons (Fsp3) is 0.316. The summed E-state index contributed by atoms with van der Waals surface area (Å²) in [5, 5.41) is 0. The van der Waals surface area contributed by atoms with Gasteiger partial charge in [-0.1, -0.05) is 12.1 Å². The number of carbonyl (C=O) groups is 2. The molecule has 2 aromatic rings. The molecule has 2 N–H and O–H groups in total. The Bertz CT molecular complexity index is 791. The summed E-state index contributed by atoms with van der Waals surface area (Å²) in [6.45, 7) is 1.03. The van der Waals surface area contributed by atoms with Crippen LogP contribution in [-0.4, -0.2) is 41.9 Å². The molecule has 0 radical (unpaired) electrons. The van der Waals surface area contributed by atoms with Gasteiger partial charge in [-0.3, -0.25) is 14.6 Å². The van der Waals surface area contributed by atoms with Crippen molar-refractivity contribution in [1.82, 2.24) is 9.88 Å². The zero-order valence-electron chi connectivity index (χ0n) is 14.1. The Morgan fingerprint density at radius 1 is 1.24 bits per heavy atom. The van der Waals surface area contributed by atoms with Crippen LogP contribution in [0.2, 0.25) is 0 Å². The van der Waals surface area contributed by atoms with Gasteiger partial charge in [0.25, 0.3) is 5.91 Å². The second-order valence-electron chi connectivity index (χ2n) is 6.19. The van der Waals surface area contributed by atoms with E-state index in [9.17, 15) is 9.59 Å². The molecule has 25 heavy (non-hydrogen) atoms. The van der Waals surface area contributed by atoms with Crippen LogP contribution in [-0.2, 0) is 4.79 Å². The molecule has 0 bridgehead atoms. The summed E-state index contributed by atoms with van der Waals surface area (Å²) in [4.78, 5) is 30.1. The molecule has 0 spiro atoms. The van der Waals surface area contributed by atoms with Gasteiger partial charge in [0, 0.05) is 30.4 Å². The third-order valence-corrected chi connectivity index (χ3v) is 4.50. The molecular formula is C19H21N3O3. The molecule has 1 fully saturated rings. The molecule has 0 saturated carbocycles. The fourth-order valence-corrected chi connectivity index (χ4v) is 3.10. The maximum absolute atomic E-state index is 12.8. The van der Waals surface area contributed by atoms with Gasteiger partial charge in [0.2, 0.25) is 5.91 Å². The lowest BCUT2D eigenvalue weighted by Gasteiger charge is -2.31. The average Bonchev–Trinajstić information content (AvgIpc) is 2.67. The number of methoxy groups -OCH3 is 1. The summed E-state index contributed by atoms with van der Waals surface area (Å²) in [6, 6.07) is 9.27. The van der Waals surface area contributed by atoms with Gasteiger partial charge >= 0.3 is 0 Å². The molecule has 0 aliphatic carbocycles. The molecule has 2 amide bonds. The Kier molecular flexibility index (Phi) is 4.97. The monoisotopic (exact) mass is 339 g/mol. The number of benzene rings is 1. The van der Waals surface area contributed by atoms with Crippen molar-refractivity contribution in [2.75, 3.05) is 20.2 Å². The quantitative estimate of drug-likeness (QED) is 0.924. The lowest BCUT2D eigenvalue weighted by atomic mass is 9.96. The second kappa shape index (κ2) is 7.34. The van der Waals surface area contributed by atoms with E-state index in [1.807, 2.05) is 24.3 Å². The molecule has 6 nitrogen and oxygen atoms in total. The zero-order chi connectivity index (χ0) is 17.8. The van der Waals surface area contributed by atoms with Gasteiger partial charge in [0.15, 0.2) is 0 Å². The predicted octanol–water partition coefficient (Wildman–Crippen LogP) is 2.09. The number of piperidine rings is 1. The Hall–Kier alpha value is -2.89. The van der Waals surface area contributed by atoms with E-state index < -0.39 is 0 Å². The van der Waals surface area contributed by atoms with Crippen LogP contribution in [0.4, 0.5) is 0 Å². The number of hydrogen-bond acceptors (Lipinski definition) is 4. The first kappa shape index (κ1) is 17.0. The number of hydrogen-bond donors (Lipinski definition) is 1. The van der Waals surface area contributed by atoms with Gasteiger partial charge in [-0.05, 0) is 36.6 Å². The summed E-state index contributed by atoms with van der Waals surface area (Å²) < 4.78 is 5.20. The van der Waals surface area contributed by atoms with Crippen molar-refractivity contribution in [2.45, 2.75) is 12.8 Å². The summed E-state index contributed by atoms with van der Waals surface area (Å²) in [5.41, 5.74) is 7.76. The van der Waals surface area contributed by atoms with Crippen LogP contribution in [0.15, 0.2) is 42.7 Å². The van der Waals surface area contributed by atoms with E-state index in [1.54, 1.807) is 30.5 Å². The predicted molar refractivity (Wildman–Crippen MR) is 94.0 cm³/mol. The van der Waals surface area contributed by atoms with Gasteiger partial charge in [-0.15, -0.1) is 0 Å². The largest absolute Gasteiger partial charge is 0.495 e. The van der Waals surface area contributed by atoms with E-state index in [1.165, 1.54) is 0 Å². The molecule has 0 unspecified atom stereocenters. The van der Waals surface area contributed by atoms with Crippen molar-refractivity contribution in [3.05, 3.63) is 48.3 Å². The lowest BCUT2D eigenvalue weighted by Crippen LogP contribution is -2.44. The number of primary amides is 1. The highest BCUT2D eigenvalue weighted by molar-refractivity contribution is 5.96. The topological polar surface area (TPSA) is 85.5 Å². The van der Waals surface area contributed by atoms with E-state index in [2.05, 4.69) is 4.98 Å². The van der Waals surface area contributed by atoms with Crippen LogP contribution in [0.1, 0.15) is 23.2 Å². The Morgan fingerprint density at radius 3 is 2.84 bits per heavy atom. The normalized spacial score (nSPS) is 17.2. The average molecular weight is 339 g/mol. The maximum Gasteiger partial charge on any atom is 0.253 e. The summed E-state index contributed by atoms with van der Waals surface area (Å²) >= 11 is 0. The SMILES string of the molecule is COc1cncc(-c2cccc(C(=O)N3CCC[C@@H](C(N)=O)C3)c2)c1. The molecule has 2 heterocycles. The summed E-state index contributed by atoms with van der Waals surface area (Å²) in [6.07, 6.45) is 4.90. The van der Waals surface area contributed by atoms with Crippen LogP contribution < -0.4 is 10.5 Å². The molecule has 1 aromatic heterocycles. The lowest BCUT2D eigenvalue weighted by molar-refractivity contribution is -0.123. The third-order valence-electron chi connectivity index (χ3n) is 4.50. The number of likely N-dealkylation sites (tertiary alicyclic amines) is 1. The van der Waals surface area contributed by atoms with Crippen molar-refractivity contribution in [3.8, 4) is 16.9 Å². The minimum Gasteiger partial charge on any atom is -0.495 e. The van der Waals surface area contributed by atoms with Gasteiger partial charge in [0.05, 0.1) is 19.2 Å². The van der Waals surface area contributed by atoms with Gasteiger partial charge in [-0.2, -0.15) is 0 Å². The summed E-state index contributed by atoms with van der Waals surface area (Å²) in [7, 11) is 1.59.